The van der Waals surface area contributed by atoms with Crippen molar-refractivity contribution in [3.8, 4) is 0 Å². The van der Waals surface area contributed by atoms with Crippen molar-refractivity contribution in [2.75, 3.05) is 7.11 Å². The second-order valence-electron chi connectivity index (χ2n) is 3.26. The van der Waals surface area contributed by atoms with E-state index in [2.05, 4.69) is 30.7 Å². The Hall–Kier alpha value is -1.70. The first-order chi connectivity index (χ1) is 8.13. The van der Waals surface area contributed by atoms with E-state index < -0.39 is 10.8 Å². The van der Waals surface area contributed by atoms with Gasteiger partial charge in [-0.15, -0.1) is 5.10 Å². The lowest BCUT2D eigenvalue weighted by Crippen LogP contribution is -2.29. The number of carbonyl (C=O) groups excluding carboxylic acids is 1. The van der Waals surface area contributed by atoms with Crippen molar-refractivity contribution in [1.29, 1.82) is 0 Å². The van der Waals surface area contributed by atoms with E-state index in [1.807, 2.05) is 0 Å². The van der Waals surface area contributed by atoms with E-state index in [9.17, 15) is 9.59 Å². The van der Waals surface area contributed by atoms with Crippen LogP contribution in [-0.2, 0) is 16.1 Å². The molecule has 0 saturated carbocycles. The molecule has 0 radical (unpaired) electrons. The van der Waals surface area contributed by atoms with Crippen LogP contribution in [0.15, 0.2) is 23.4 Å². The van der Waals surface area contributed by atoms with Gasteiger partial charge < -0.3 is 4.74 Å². The average Bonchev–Trinajstić information content (AvgIpc) is 2.66. The van der Waals surface area contributed by atoms with Gasteiger partial charge in [0.1, 0.15) is 4.83 Å². The monoisotopic (exact) mass is 300 g/mol. The first-order valence-corrected chi connectivity index (χ1v) is 5.66. The molecule has 2 aromatic rings. The van der Waals surface area contributed by atoms with Gasteiger partial charge in [0.25, 0.3) is 0 Å². The molecular formula is C9H9BrN4O3. The van der Waals surface area contributed by atoms with Gasteiger partial charge in [-0.2, -0.15) is 0 Å². The minimum absolute atomic E-state index is 0.104. The number of rotatable bonds is 3. The topological polar surface area (TPSA) is 78.5 Å². The van der Waals surface area contributed by atoms with E-state index in [1.54, 1.807) is 0 Å². The standard InChI is InChI=1S/C9H9BrN4O3/c1-17-8(15)6(10)5-14-9(16)13-3-2-11-4-7(13)12-14/h2-4,6H,5H2,1H3. The van der Waals surface area contributed by atoms with Gasteiger partial charge in [-0.05, 0) is 0 Å². The zero-order chi connectivity index (χ0) is 12.4. The summed E-state index contributed by atoms with van der Waals surface area (Å²) in [6.45, 7) is 0.104. The van der Waals surface area contributed by atoms with E-state index in [0.29, 0.717) is 5.65 Å². The molecule has 90 valence electrons. The van der Waals surface area contributed by atoms with Gasteiger partial charge in [0.15, 0.2) is 5.65 Å². The van der Waals surface area contributed by atoms with Crippen LogP contribution in [0.2, 0.25) is 0 Å². The highest BCUT2D eigenvalue weighted by Crippen LogP contribution is 2.04. The number of methoxy groups -OCH3 is 1. The molecule has 0 aromatic carbocycles. The zero-order valence-electron chi connectivity index (χ0n) is 8.91. The summed E-state index contributed by atoms with van der Waals surface area (Å²) in [7, 11) is 1.28. The third-order valence-corrected chi connectivity index (χ3v) is 2.84. The molecular weight excluding hydrogens is 292 g/mol. The van der Waals surface area contributed by atoms with Crippen molar-refractivity contribution in [1.82, 2.24) is 19.2 Å². The Labute approximate surface area is 104 Å². The number of alkyl halides is 1. The highest BCUT2D eigenvalue weighted by Gasteiger charge is 2.18. The molecule has 0 saturated heterocycles. The maximum Gasteiger partial charge on any atom is 0.350 e. The predicted molar refractivity (Wildman–Crippen MR) is 62.0 cm³/mol. The predicted octanol–water partition coefficient (Wildman–Crippen LogP) is -0.173. The van der Waals surface area contributed by atoms with Gasteiger partial charge in [-0.3, -0.25) is 9.78 Å². The Kier molecular flexibility index (Phi) is 3.23. The van der Waals surface area contributed by atoms with Crippen LogP contribution in [0, 0.1) is 0 Å². The SMILES string of the molecule is COC(=O)C(Br)Cn1nc2cnccn2c1=O. The van der Waals surface area contributed by atoms with Gasteiger partial charge in [0.2, 0.25) is 0 Å². The van der Waals surface area contributed by atoms with Gasteiger partial charge in [0, 0.05) is 12.4 Å². The van der Waals surface area contributed by atoms with Crippen molar-refractivity contribution in [3.63, 3.8) is 0 Å². The molecule has 0 amide bonds. The van der Waals surface area contributed by atoms with Crippen LogP contribution in [0.4, 0.5) is 0 Å². The van der Waals surface area contributed by atoms with E-state index in [4.69, 9.17) is 0 Å². The average molecular weight is 301 g/mol. The molecule has 8 heteroatoms. The van der Waals surface area contributed by atoms with Gasteiger partial charge in [-0.25, -0.2) is 13.9 Å². The number of fused-ring (bicyclic) bond motifs is 1. The summed E-state index contributed by atoms with van der Waals surface area (Å²) in [5.41, 5.74) is 0.109. The number of ether oxygens (including phenoxy) is 1. The Morgan fingerprint density at radius 2 is 2.41 bits per heavy atom. The van der Waals surface area contributed by atoms with Crippen LogP contribution in [0.5, 0.6) is 0 Å². The third kappa shape index (κ3) is 2.21. The third-order valence-electron chi connectivity index (χ3n) is 2.18. The molecule has 17 heavy (non-hydrogen) atoms. The van der Waals surface area contributed by atoms with E-state index in [1.165, 1.54) is 34.8 Å². The molecule has 2 rings (SSSR count). The smallest absolute Gasteiger partial charge is 0.350 e. The zero-order valence-corrected chi connectivity index (χ0v) is 10.5. The van der Waals surface area contributed by atoms with Crippen molar-refractivity contribution in [2.45, 2.75) is 11.4 Å². The lowest BCUT2D eigenvalue weighted by molar-refractivity contribution is -0.140. The van der Waals surface area contributed by atoms with Crippen molar-refractivity contribution in [2.24, 2.45) is 0 Å². The number of esters is 1. The lowest BCUT2D eigenvalue weighted by atomic mass is 10.4. The van der Waals surface area contributed by atoms with Crippen LogP contribution in [0.3, 0.4) is 0 Å². The number of halogens is 1. The molecule has 2 aromatic heterocycles. The summed E-state index contributed by atoms with van der Waals surface area (Å²) in [6, 6.07) is 0. The van der Waals surface area contributed by atoms with Crippen LogP contribution >= 0.6 is 15.9 Å². The molecule has 0 aliphatic carbocycles. The second kappa shape index (κ2) is 4.66. The summed E-state index contributed by atoms with van der Waals surface area (Å²) in [5, 5.41) is 4.04. The lowest BCUT2D eigenvalue weighted by Gasteiger charge is -2.05. The molecule has 7 nitrogen and oxygen atoms in total. The Balaban J connectivity index is 2.34. The fourth-order valence-electron chi connectivity index (χ4n) is 1.35. The first-order valence-electron chi connectivity index (χ1n) is 4.74. The van der Waals surface area contributed by atoms with E-state index in [-0.39, 0.29) is 12.2 Å². The summed E-state index contributed by atoms with van der Waals surface area (Å²) in [4.78, 5) is 26.3. The van der Waals surface area contributed by atoms with Crippen LogP contribution in [0.25, 0.3) is 5.65 Å². The van der Waals surface area contributed by atoms with Gasteiger partial charge >= 0.3 is 11.7 Å². The van der Waals surface area contributed by atoms with Crippen molar-refractivity contribution < 1.29 is 9.53 Å². The molecule has 1 unspecified atom stereocenters. The molecule has 0 aliphatic heterocycles. The normalized spacial score (nSPS) is 12.6. The molecule has 1 atom stereocenters. The number of hydrogen-bond acceptors (Lipinski definition) is 5. The van der Waals surface area contributed by atoms with Gasteiger partial charge in [-0.1, -0.05) is 15.9 Å². The molecule has 0 N–H and O–H groups in total. The molecule has 0 aliphatic rings. The summed E-state index contributed by atoms with van der Waals surface area (Å²) < 4.78 is 7.09. The fraction of sp³-hybridized carbons (Fsp3) is 0.333. The van der Waals surface area contributed by atoms with Crippen LogP contribution < -0.4 is 5.69 Å². The second-order valence-corrected chi connectivity index (χ2v) is 4.37. The molecule has 2 heterocycles. The minimum atomic E-state index is -0.608. The quantitative estimate of drug-likeness (QED) is 0.581. The van der Waals surface area contributed by atoms with E-state index >= 15 is 0 Å². The Morgan fingerprint density at radius 3 is 3.06 bits per heavy atom. The summed E-state index contributed by atoms with van der Waals surface area (Å²) in [6.07, 6.45) is 4.48. The number of nitrogens with zero attached hydrogens (tertiary/aromatic N) is 4. The fourth-order valence-corrected chi connectivity index (χ4v) is 1.81. The van der Waals surface area contributed by atoms with Crippen molar-refractivity contribution >= 4 is 27.5 Å². The van der Waals surface area contributed by atoms with E-state index in [0.717, 1.165) is 0 Å². The Morgan fingerprint density at radius 1 is 1.65 bits per heavy atom. The molecule has 0 spiro atoms. The minimum Gasteiger partial charge on any atom is -0.468 e. The van der Waals surface area contributed by atoms with Crippen LogP contribution in [-0.4, -0.2) is 37.1 Å². The maximum atomic E-state index is 11.8. The highest BCUT2D eigenvalue weighted by molar-refractivity contribution is 9.10. The largest absolute Gasteiger partial charge is 0.468 e. The first kappa shape index (κ1) is 11.8. The Bertz CT molecular complexity index is 606. The number of aromatic nitrogens is 4. The highest BCUT2D eigenvalue weighted by atomic mass is 79.9. The number of hydrogen-bond donors (Lipinski definition) is 0. The van der Waals surface area contributed by atoms with Gasteiger partial charge in [0.05, 0.1) is 19.9 Å². The summed E-state index contributed by atoms with van der Waals surface area (Å²) >= 11 is 3.13. The molecule has 0 bridgehead atoms. The number of carbonyl (C=O) groups is 1. The van der Waals surface area contributed by atoms with Crippen molar-refractivity contribution in [3.05, 3.63) is 29.1 Å². The van der Waals surface area contributed by atoms with Crippen LogP contribution in [0.1, 0.15) is 0 Å². The maximum absolute atomic E-state index is 11.8. The molecule has 0 fully saturated rings. The summed E-state index contributed by atoms with van der Waals surface area (Å²) in [5.74, 6) is -0.452.